The van der Waals surface area contributed by atoms with E-state index in [9.17, 15) is 9.59 Å². The van der Waals surface area contributed by atoms with Gasteiger partial charge < -0.3 is 10.5 Å². The summed E-state index contributed by atoms with van der Waals surface area (Å²) in [6.07, 6.45) is 11.0. The van der Waals surface area contributed by atoms with Gasteiger partial charge in [-0.05, 0) is 91.3 Å². The average Bonchev–Trinajstić information content (AvgIpc) is 3.52. The van der Waals surface area contributed by atoms with Crippen molar-refractivity contribution < 1.29 is 14.3 Å². The van der Waals surface area contributed by atoms with Crippen LogP contribution in [-0.4, -0.2) is 11.6 Å². The van der Waals surface area contributed by atoms with Crippen LogP contribution in [0.3, 0.4) is 0 Å². The first-order chi connectivity index (χ1) is 14.6. The molecule has 0 aliphatic heterocycles. The van der Waals surface area contributed by atoms with E-state index in [1.165, 1.54) is 23.1 Å². The largest absolute Gasteiger partial charge is 0.398 e. The van der Waals surface area contributed by atoms with Gasteiger partial charge in [0.15, 0.2) is 11.6 Å². The summed E-state index contributed by atoms with van der Waals surface area (Å²) in [5.41, 5.74) is 15.8. The maximum absolute atomic E-state index is 11.7. The fourth-order valence-electron chi connectivity index (χ4n) is 5.50. The maximum atomic E-state index is 11.7. The molecule has 0 saturated heterocycles. The van der Waals surface area contributed by atoms with Gasteiger partial charge in [-0.1, -0.05) is 0 Å². The van der Waals surface area contributed by atoms with Crippen LogP contribution in [0.25, 0.3) is 0 Å². The number of carbonyl (C=O) groups is 2. The number of aryl methyl sites for hydroxylation is 2. The van der Waals surface area contributed by atoms with E-state index in [2.05, 4.69) is 6.07 Å². The number of hydrogen-bond donors (Lipinski definition) is 1. The standard InChI is InChI=1S/C13H11NO2.C12H13NO/c14-7-16-13-9-3-1-2-8(9)6-11-10(13)4-5-12(11)15;13-12-8-3-1-2-7(8)6-10-9(12)4-5-11(10)14/h6H,1-5H2;6H,1-5,13H2. The molecule has 0 heterocycles. The van der Waals surface area contributed by atoms with Crippen molar-refractivity contribution in [2.45, 2.75) is 64.2 Å². The molecular formula is C25H24N2O3. The van der Waals surface area contributed by atoms with Gasteiger partial charge >= 0.3 is 0 Å². The quantitative estimate of drug-likeness (QED) is 0.576. The Bertz CT molecular complexity index is 1140. The highest BCUT2D eigenvalue weighted by atomic mass is 16.5. The smallest absolute Gasteiger partial charge is 0.292 e. The number of nitriles is 1. The van der Waals surface area contributed by atoms with Crippen molar-refractivity contribution in [1.29, 1.82) is 5.26 Å². The number of nitrogens with two attached hydrogens (primary N) is 1. The van der Waals surface area contributed by atoms with Gasteiger partial charge in [-0.15, -0.1) is 5.26 Å². The Labute approximate surface area is 175 Å². The molecule has 0 saturated carbocycles. The third kappa shape index (κ3) is 2.90. The van der Waals surface area contributed by atoms with E-state index < -0.39 is 0 Å². The number of ketones is 2. The molecule has 0 radical (unpaired) electrons. The van der Waals surface area contributed by atoms with Crippen LogP contribution in [0.4, 0.5) is 5.69 Å². The Balaban J connectivity index is 0.000000130. The van der Waals surface area contributed by atoms with Crippen molar-refractivity contribution in [2.24, 2.45) is 0 Å². The number of carbonyl (C=O) groups excluding carboxylic acids is 2. The van der Waals surface area contributed by atoms with Crippen molar-refractivity contribution in [3.8, 4) is 12.0 Å². The van der Waals surface area contributed by atoms with Crippen molar-refractivity contribution in [3.05, 3.63) is 56.6 Å². The molecule has 152 valence electrons. The highest BCUT2D eigenvalue weighted by Gasteiger charge is 2.29. The Morgan fingerprint density at radius 3 is 1.97 bits per heavy atom. The molecule has 4 aliphatic carbocycles. The molecule has 6 rings (SSSR count). The van der Waals surface area contributed by atoms with Crippen LogP contribution >= 0.6 is 0 Å². The highest BCUT2D eigenvalue weighted by Crippen LogP contribution is 2.40. The van der Waals surface area contributed by atoms with E-state index in [4.69, 9.17) is 15.7 Å². The number of Topliss-reactive ketones (excluding diaryl/α,β-unsaturated/α-hetero) is 2. The van der Waals surface area contributed by atoms with Crippen LogP contribution in [0.2, 0.25) is 0 Å². The van der Waals surface area contributed by atoms with Gasteiger partial charge in [-0.3, -0.25) is 9.59 Å². The van der Waals surface area contributed by atoms with E-state index in [1.807, 2.05) is 6.07 Å². The SMILES string of the molecule is N#COc1c2c(cc3c1CCC3=O)CCC2.Nc1c2c(cc3c1CCC3=O)CCC2. The first kappa shape index (κ1) is 18.9. The monoisotopic (exact) mass is 400 g/mol. The predicted octanol–water partition coefficient (Wildman–Crippen LogP) is 4.05. The summed E-state index contributed by atoms with van der Waals surface area (Å²) < 4.78 is 5.09. The van der Waals surface area contributed by atoms with Gasteiger partial charge in [0.2, 0.25) is 0 Å². The number of nitrogen functional groups attached to an aromatic ring is 1. The van der Waals surface area contributed by atoms with E-state index in [1.54, 1.807) is 6.26 Å². The van der Waals surface area contributed by atoms with Gasteiger partial charge in [0.1, 0.15) is 5.75 Å². The minimum atomic E-state index is 0.187. The van der Waals surface area contributed by atoms with Crippen LogP contribution < -0.4 is 10.5 Å². The number of nitrogens with zero attached hydrogens (tertiary/aromatic N) is 1. The van der Waals surface area contributed by atoms with Gasteiger partial charge in [-0.25, -0.2) is 0 Å². The Morgan fingerprint density at radius 2 is 1.30 bits per heavy atom. The van der Waals surface area contributed by atoms with Gasteiger partial charge in [-0.2, -0.15) is 0 Å². The minimum absolute atomic E-state index is 0.187. The van der Waals surface area contributed by atoms with Crippen LogP contribution in [0.15, 0.2) is 12.1 Å². The second-order valence-corrected chi connectivity index (χ2v) is 8.57. The van der Waals surface area contributed by atoms with Crippen LogP contribution in [0.1, 0.15) is 79.8 Å². The number of anilines is 1. The Morgan fingerprint density at radius 1 is 0.733 bits per heavy atom. The Hall–Kier alpha value is -3.13. The predicted molar refractivity (Wildman–Crippen MR) is 113 cm³/mol. The topological polar surface area (TPSA) is 93.2 Å². The normalized spacial score (nSPS) is 17.6. The minimum Gasteiger partial charge on any atom is -0.398 e. The average molecular weight is 400 g/mol. The molecule has 5 nitrogen and oxygen atoms in total. The summed E-state index contributed by atoms with van der Waals surface area (Å²) in [5.74, 6) is 1.15. The van der Waals surface area contributed by atoms with Crippen molar-refractivity contribution >= 4 is 17.3 Å². The molecule has 0 bridgehead atoms. The summed E-state index contributed by atoms with van der Waals surface area (Å²) in [4.78, 5) is 23.2. The lowest BCUT2D eigenvalue weighted by Crippen LogP contribution is -2.01. The fourth-order valence-corrected chi connectivity index (χ4v) is 5.50. The lowest BCUT2D eigenvalue weighted by Gasteiger charge is -2.10. The molecule has 0 unspecified atom stereocenters. The van der Waals surface area contributed by atoms with Gasteiger partial charge in [0.25, 0.3) is 6.26 Å². The molecule has 30 heavy (non-hydrogen) atoms. The van der Waals surface area contributed by atoms with Gasteiger partial charge in [0, 0.05) is 35.2 Å². The maximum Gasteiger partial charge on any atom is 0.292 e. The van der Waals surface area contributed by atoms with Crippen molar-refractivity contribution in [1.82, 2.24) is 0 Å². The molecule has 2 aromatic rings. The fraction of sp³-hybridized carbons (Fsp3) is 0.400. The summed E-state index contributed by atoms with van der Waals surface area (Å²) in [6.45, 7) is 0. The number of benzene rings is 2. The van der Waals surface area contributed by atoms with E-state index >= 15 is 0 Å². The van der Waals surface area contributed by atoms with Crippen LogP contribution in [0, 0.1) is 11.5 Å². The lowest BCUT2D eigenvalue weighted by molar-refractivity contribution is 0.0986. The second-order valence-electron chi connectivity index (χ2n) is 8.57. The zero-order valence-electron chi connectivity index (χ0n) is 17.0. The van der Waals surface area contributed by atoms with Gasteiger partial charge in [0.05, 0.1) is 0 Å². The molecule has 2 N–H and O–H groups in total. The number of fused-ring (bicyclic) bond motifs is 4. The first-order valence-corrected chi connectivity index (χ1v) is 10.8. The van der Waals surface area contributed by atoms with Crippen LogP contribution in [-0.2, 0) is 38.5 Å². The van der Waals surface area contributed by atoms with E-state index in [-0.39, 0.29) is 11.6 Å². The molecule has 0 fully saturated rings. The number of hydrogen-bond acceptors (Lipinski definition) is 5. The zero-order valence-corrected chi connectivity index (χ0v) is 17.0. The molecule has 0 spiro atoms. The molecule has 0 amide bonds. The summed E-state index contributed by atoms with van der Waals surface area (Å²) in [5, 5.41) is 8.69. The molecule has 0 atom stereocenters. The summed E-state index contributed by atoms with van der Waals surface area (Å²) >= 11 is 0. The third-order valence-electron chi connectivity index (χ3n) is 6.96. The number of rotatable bonds is 1. The number of ether oxygens (including phenoxy) is 1. The van der Waals surface area contributed by atoms with Crippen molar-refractivity contribution in [3.63, 3.8) is 0 Å². The van der Waals surface area contributed by atoms with E-state index in [0.717, 1.165) is 78.5 Å². The van der Waals surface area contributed by atoms with E-state index in [0.29, 0.717) is 18.6 Å². The lowest BCUT2D eigenvalue weighted by atomic mass is 9.99. The molecule has 4 aliphatic rings. The second kappa shape index (κ2) is 7.28. The third-order valence-corrected chi connectivity index (χ3v) is 6.96. The van der Waals surface area contributed by atoms with Crippen molar-refractivity contribution in [2.75, 3.05) is 5.73 Å². The van der Waals surface area contributed by atoms with Crippen LogP contribution in [0.5, 0.6) is 5.75 Å². The zero-order chi connectivity index (χ0) is 20.8. The molecule has 0 aromatic heterocycles. The molecular weight excluding hydrogens is 376 g/mol. The first-order valence-electron chi connectivity index (χ1n) is 10.8. The molecule has 2 aromatic carbocycles. The highest BCUT2D eigenvalue weighted by molar-refractivity contribution is 6.03. The summed E-state index contributed by atoms with van der Waals surface area (Å²) in [6, 6.07) is 4.10. The Kier molecular flexibility index (Phi) is 4.58. The molecule has 5 heteroatoms. The summed E-state index contributed by atoms with van der Waals surface area (Å²) in [7, 11) is 0.